The van der Waals surface area contributed by atoms with Crippen LogP contribution in [0.1, 0.15) is 21.5 Å². The quantitative estimate of drug-likeness (QED) is 0.340. The lowest BCUT2D eigenvalue weighted by Crippen LogP contribution is -2.02. The van der Waals surface area contributed by atoms with Crippen LogP contribution in [-0.4, -0.2) is 10.4 Å². The van der Waals surface area contributed by atoms with Crippen LogP contribution in [0.5, 0.6) is 0 Å². The molecule has 1 heterocycles. The number of halogens is 1. The molecule has 1 aromatic heterocycles. The molecule has 0 saturated heterocycles. The maximum atomic E-state index is 13.5. The number of para-hydroxylation sites is 1. The van der Waals surface area contributed by atoms with E-state index in [0.717, 1.165) is 27.2 Å². The van der Waals surface area contributed by atoms with Crippen molar-refractivity contribution in [2.24, 2.45) is 0 Å². The average Bonchev–Trinajstić information content (AvgIpc) is 3.13. The van der Waals surface area contributed by atoms with Gasteiger partial charge in [-0.2, -0.15) is 0 Å². The van der Waals surface area contributed by atoms with Crippen molar-refractivity contribution in [1.82, 2.24) is 4.57 Å². The number of aromatic nitrogens is 1. The van der Waals surface area contributed by atoms with Gasteiger partial charge >= 0.3 is 0 Å². The molecule has 0 aliphatic carbocycles. The van der Waals surface area contributed by atoms with Gasteiger partial charge < -0.3 is 4.57 Å². The Labute approximate surface area is 167 Å². The third-order valence-corrected chi connectivity index (χ3v) is 5.33. The highest BCUT2D eigenvalue weighted by atomic mass is 19.1. The first-order valence-electron chi connectivity index (χ1n) is 9.55. The summed E-state index contributed by atoms with van der Waals surface area (Å²) in [7, 11) is 0. The fourth-order valence-electron chi connectivity index (χ4n) is 3.91. The fourth-order valence-corrected chi connectivity index (χ4v) is 3.91. The van der Waals surface area contributed by atoms with Crippen LogP contribution in [0.4, 0.5) is 4.39 Å². The van der Waals surface area contributed by atoms with Crippen molar-refractivity contribution >= 4 is 27.5 Å². The van der Waals surface area contributed by atoms with E-state index in [2.05, 4.69) is 4.57 Å². The van der Waals surface area contributed by atoms with Crippen molar-refractivity contribution in [2.45, 2.75) is 6.54 Å². The number of rotatable bonds is 4. The van der Waals surface area contributed by atoms with Crippen molar-refractivity contribution < 1.29 is 9.18 Å². The van der Waals surface area contributed by atoms with Crippen LogP contribution in [0.2, 0.25) is 0 Å². The molecule has 0 amide bonds. The van der Waals surface area contributed by atoms with Crippen molar-refractivity contribution in [1.29, 1.82) is 0 Å². The summed E-state index contributed by atoms with van der Waals surface area (Å²) < 4.78 is 15.3. The third kappa shape index (κ3) is 3.11. The average molecular weight is 379 g/mol. The molecule has 5 aromatic rings. The number of nitrogens with zero attached hydrogens (tertiary/aromatic N) is 1. The number of benzene rings is 4. The van der Waals surface area contributed by atoms with Crippen LogP contribution in [0.25, 0.3) is 21.7 Å². The van der Waals surface area contributed by atoms with E-state index in [0.29, 0.717) is 17.7 Å². The van der Waals surface area contributed by atoms with Gasteiger partial charge in [0.25, 0.3) is 0 Å². The second-order valence-corrected chi connectivity index (χ2v) is 7.17. The van der Waals surface area contributed by atoms with E-state index >= 15 is 0 Å². The Morgan fingerprint density at radius 2 is 1.41 bits per heavy atom. The summed E-state index contributed by atoms with van der Waals surface area (Å²) in [5.41, 5.74) is 3.35. The van der Waals surface area contributed by atoms with Gasteiger partial charge in [-0.05, 0) is 34.5 Å². The Bertz CT molecular complexity index is 1340. The second-order valence-electron chi connectivity index (χ2n) is 7.17. The summed E-state index contributed by atoms with van der Waals surface area (Å²) >= 11 is 0. The zero-order valence-corrected chi connectivity index (χ0v) is 15.7. The summed E-state index contributed by atoms with van der Waals surface area (Å²) in [6.45, 7) is 0.573. The molecule has 0 spiro atoms. The lowest BCUT2D eigenvalue weighted by Gasteiger charge is -2.05. The summed E-state index contributed by atoms with van der Waals surface area (Å²) in [5, 5.41) is 2.93. The highest BCUT2D eigenvalue weighted by Gasteiger charge is 2.18. The summed E-state index contributed by atoms with van der Waals surface area (Å²) in [5.74, 6) is -0.242. The molecule has 0 atom stereocenters. The number of carbonyl (C=O) groups is 1. The first-order chi connectivity index (χ1) is 14.2. The van der Waals surface area contributed by atoms with Gasteiger partial charge in [0.05, 0.1) is 0 Å². The van der Waals surface area contributed by atoms with E-state index in [1.165, 1.54) is 12.1 Å². The first kappa shape index (κ1) is 17.4. The highest BCUT2D eigenvalue weighted by Crippen LogP contribution is 2.27. The number of ketones is 1. The maximum Gasteiger partial charge on any atom is 0.195 e. The smallest absolute Gasteiger partial charge is 0.195 e. The molecule has 2 nitrogen and oxygen atoms in total. The molecule has 0 aliphatic heterocycles. The predicted molar refractivity (Wildman–Crippen MR) is 115 cm³/mol. The number of hydrogen-bond acceptors (Lipinski definition) is 1. The Morgan fingerprint density at radius 1 is 0.724 bits per heavy atom. The van der Waals surface area contributed by atoms with E-state index in [1.54, 1.807) is 12.1 Å². The van der Waals surface area contributed by atoms with E-state index < -0.39 is 0 Å². The molecule has 0 unspecified atom stereocenters. The van der Waals surface area contributed by atoms with Crippen LogP contribution in [0.3, 0.4) is 0 Å². The largest absolute Gasteiger partial charge is 0.342 e. The molecule has 0 aliphatic rings. The van der Waals surface area contributed by atoms with Crippen LogP contribution in [0, 0.1) is 5.82 Å². The normalized spacial score (nSPS) is 11.2. The molecular formula is C26H18FNO. The van der Waals surface area contributed by atoms with Gasteiger partial charge in [-0.25, -0.2) is 4.39 Å². The van der Waals surface area contributed by atoms with E-state index in [9.17, 15) is 9.18 Å². The monoisotopic (exact) mass is 379 g/mol. The SMILES string of the molecule is O=C(c1cccc2ccccc12)c1cn(Cc2ccc(F)cc2)c2ccccc12. The minimum atomic E-state index is -0.252. The van der Waals surface area contributed by atoms with Crippen molar-refractivity contribution in [2.75, 3.05) is 0 Å². The van der Waals surface area contributed by atoms with Crippen LogP contribution >= 0.6 is 0 Å². The van der Waals surface area contributed by atoms with Crippen LogP contribution < -0.4 is 0 Å². The second kappa shape index (κ2) is 7.02. The highest BCUT2D eigenvalue weighted by molar-refractivity contribution is 6.21. The number of carbonyl (C=O) groups excluding carboxylic acids is 1. The minimum absolute atomic E-state index is 0.0101. The minimum Gasteiger partial charge on any atom is -0.342 e. The summed E-state index contributed by atoms with van der Waals surface area (Å²) in [6, 6.07) is 28.1. The molecular weight excluding hydrogens is 361 g/mol. The standard InChI is InChI=1S/C26H18FNO/c27-20-14-12-18(13-15-20)16-28-17-24(22-9-3-4-11-25(22)28)26(29)23-10-5-7-19-6-1-2-8-21(19)23/h1-15,17H,16H2. The van der Waals surface area contributed by atoms with Gasteiger partial charge in [0.1, 0.15) is 5.82 Å². The van der Waals surface area contributed by atoms with Gasteiger partial charge in [-0.15, -0.1) is 0 Å². The topological polar surface area (TPSA) is 22.0 Å². The Morgan fingerprint density at radius 3 is 2.24 bits per heavy atom. The summed E-state index contributed by atoms with van der Waals surface area (Å²) in [4.78, 5) is 13.5. The first-order valence-corrected chi connectivity index (χ1v) is 9.55. The molecule has 0 fully saturated rings. The van der Waals surface area contributed by atoms with E-state index in [1.807, 2.05) is 72.9 Å². The number of fused-ring (bicyclic) bond motifs is 2. The number of hydrogen-bond donors (Lipinski definition) is 0. The van der Waals surface area contributed by atoms with Crippen molar-refractivity contribution in [3.05, 3.63) is 120 Å². The van der Waals surface area contributed by atoms with Crippen LogP contribution in [0.15, 0.2) is 97.2 Å². The zero-order valence-electron chi connectivity index (χ0n) is 15.7. The van der Waals surface area contributed by atoms with Gasteiger partial charge in [0, 0.05) is 34.8 Å². The molecule has 140 valence electrons. The molecule has 5 rings (SSSR count). The molecule has 29 heavy (non-hydrogen) atoms. The molecule has 0 radical (unpaired) electrons. The Hall–Kier alpha value is -3.72. The Kier molecular flexibility index (Phi) is 4.21. The summed E-state index contributed by atoms with van der Waals surface area (Å²) in [6.07, 6.45) is 1.91. The molecule has 4 aromatic carbocycles. The van der Waals surface area contributed by atoms with Gasteiger partial charge in [0.15, 0.2) is 5.78 Å². The lowest BCUT2D eigenvalue weighted by atomic mass is 9.97. The van der Waals surface area contributed by atoms with Gasteiger partial charge in [-0.1, -0.05) is 72.8 Å². The van der Waals surface area contributed by atoms with Gasteiger partial charge in [-0.3, -0.25) is 4.79 Å². The van der Waals surface area contributed by atoms with E-state index in [4.69, 9.17) is 0 Å². The van der Waals surface area contributed by atoms with E-state index in [-0.39, 0.29) is 11.6 Å². The molecule has 0 bridgehead atoms. The molecule has 0 N–H and O–H groups in total. The maximum absolute atomic E-state index is 13.5. The third-order valence-electron chi connectivity index (χ3n) is 5.33. The zero-order chi connectivity index (χ0) is 19.8. The lowest BCUT2D eigenvalue weighted by molar-refractivity contribution is 0.104. The van der Waals surface area contributed by atoms with Crippen molar-refractivity contribution in [3.8, 4) is 0 Å². The fraction of sp³-hybridized carbons (Fsp3) is 0.0385. The van der Waals surface area contributed by atoms with Crippen molar-refractivity contribution in [3.63, 3.8) is 0 Å². The van der Waals surface area contributed by atoms with Gasteiger partial charge in [0.2, 0.25) is 0 Å². The predicted octanol–water partition coefficient (Wildman–Crippen LogP) is 6.21. The Balaban J connectivity index is 1.63. The molecule has 0 saturated carbocycles. The van der Waals surface area contributed by atoms with Crippen LogP contribution in [-0.2, 0) is 6.54 Å². The molecule has 3 heteroatoms.